The van der Waals surface area contributed by atoms with Gasteiger partial charge in [0, 0.05) is 13.1 Å². The van der Waals surface area contributed by atoms with E-state index in [1.807, 2.05) is 0 Å². The predicted molar refractivity (Wildman–Crippen MR) is 86.7 cm³/mol. The molecule has 1 fully saturated rings. The Kier molecular flexibility index (Phi) is 4.47. The number of benzene rings is 1. The van der Waals surface area contributed by atoms with Crippen LogP contribution < -0.4 is 5.32 Å². The van der Waals surface area contributed by atoms with E-state index in [2.05, 4.69) is 5.32 Å². The van der Waals surface area contributed by atoms with E-state index in [4.69, 9.17) is 0 Å². The maximum atomic E-state index is 13.6. The van der Waals surface area contributed by atoms with Crippen LogP contribution in [-0.4, -0.2) is 31.7 Å². The number of amides is 1. The molecule has 2 aromatic rings. The minimum atomic E-state index is -3.68. The van der Waals surface area contributed by atoms with Crippen molar-refractivity contribution in [3.05, 3.63) is 46.4 Å². The first-order valence-electron chi connectivity index (χ1n) is 7.13. The van der Waals surface area contributed by atoms with Crippen LogP contribution in [0, 0.1) is 5.82 Å². The number of thiophene rings is 1. The van der Waals surface area contributed by atoms with Crippen molar-refractivity contribution in [2.45, 2.75) is 17.7 Å². The molecule has 0 saturated carbocycles. The first kappa shape index (κ1) is 16.1. The molecule has 1 aromatic heterocycles. The molecule has 1 saturated heterocycles. The summed E-state index contributed by atoms with van der Waals surface area (Å²) >= 11 is 1.03. The number of carbonyl (C=O) groups is 1. The Balaban J connectivity index is 1.89. The zero-order valence-electron chi connectivity index (χ0n) is 12.2. The van der Waals surface area contributed by atoms with Crippen molar-refractivity contribution in [1.82, 2.24) is 4.31 Å². The Labute approximate surface area is 137 Å². The molecular formula is C15H15FN2O3S2. The average Bonchev–Trinajstić information content (AvgIpc) is 3.21. The molecule has 1 aliphatic rings. The lowest BCUT2D eigenvalue weighted by molar-refractivity contribution is 0.102. The summed E-state index contributed by atoms with van der Waals surface area (Å²) in [5, 5.41) is 3.98. The summed E-state index contributed by atoms with van der Waals surface area (Å²) < 4.78 is 40.3. The van der Waals surface area contributed by atoms with Crippen LogP contribution in [0.15, 0.2) is 40.6 Å². The van der Waals surface area contributed by atoms with Gasteiger partial charge < -0.3 is 5.32 Å². The minimum Gasteiger partial charge on any atom is -0.319 e. The molecular weight excluding hydrogens is 339 g/mol. The van der Waals surface area contributed by atoms with Crippen LogP contribution in [0.3, 0.4) is 0 Å². The largest absolute Gasteiger partial charge is 0.319 e. The molecule has 23 heavy (non-hydrogen) atoms. The summed E-state index contributed by atoms with van der Waals surface area (Å²) in [5.41, 5.74) is 0.0235. The molecule has 0 aliphatic carbocycles. The summed E-state index contributed by atoms with van der Waals surface area (Å²) in [6.07, 6.45) is 1.64. The van der Waals surface area contributed by atoms with Gasteiger partial charge in [-0.3, -0.25) is 4.79 Å². The number of carbonyl (C=O) groups excluding carboxylic acids is 1. The van der Waals surface area contributed by atoms with Gasteiger partial charge in [-0.1, -0.05) is 12.1 Å². The predicted octanol–water partition coefficient (Wildman–Crippen LogP) is 2.92. The number of hydrogen-bond donors (Lipinski definition) is 1. The van der Waals surface area contributed by atoms with Crippen LogP contribution in [-0.2, 0) is 10.0 Å². The van der Waals surface area contributed by atoms with E-state index >= 15 is 0 Å². The minimum absolute atomic E-state index is 0.0155. The van der Waals surface area contributed by atoms with Crippen molar-refractivity contribution in [2.75, 3.05) is 18.4 Å². The Morgan fingerprint density at radius 1 is 1.17 bits per heavy atom. The number of nitrogens with zero attached hydrogens (tertiary/aromatic N) is 1. The van der Waals surface area contributed by atoms with Crippen molar-refractivity contribution < 1.29 is 17.6 Å². The van der Waals surface area contributed by atoms with Gasteiger partial charge in [0.1, 0.15) is 15.6 Å². The molecule has 3 rings (SSSR count). The van der Waals surface area contributed by atoms with Crippen molar-refractivity contribution in [3.63, 3.8) is 0 Å². The second kappa shape index (κ2) is 6.38. The highest BCUT2D eigenvalue weighted by atomic mass is 32.2. The van der Waals surface area contributed by atoms with E-state index in [1.165, 1.54) is 28.6 Å². The van der Waals surface area contributed by atoms with Gasteiger partial charge in [-0.2, -0.15) is 4.31 Å². The van der Waals surface area contributed by atoms with Crippen LogP contribution >= 0.6 is 11.3 Å². The summed E-state index contributed by atoms with van der Waals surface area (Å²) in [6, 6.07) is 7.18. The third-order valence-corrected chi connectivity index (χ3v) is 6.62. The van der Waals surface area contributed by atoms with E-state index in [0.29, 0.717) is 13.1 Å². The Hall–Kier alpha value is -1.77. The highest BCUT2D eigenvalue weighted by Gasteiger charge is 2.31. The van der Waals surface area contributed by atoms with E-state index < -0.39 is 21.7 Å². The van der Waals surface area contributed by atoms with Crippen LogP contribution in [0.4, 0.5) is 10.1 Å². The van der Waals surface area contributed by atoms with Gasteiger partial charge in [-0.25, -0.2) is 12.8 Å². The van der Waals surface area contributed by atoms with Crippen LogP contribution in [0.5, 0.6) is 0 Å². The molecule has 1 N–H and O–H groups in total. The van der Waals surface area contributed by atoms with Crippen molar-refractivity contribution in [1.29, 1.82) is 0 Å². The SMILES string of the molecule is O=C(Nc1ccccc1F)c1sccc1S(=O)(=O)N1CCCC1. The Bertz CT molecular complexity index is 827. The van der Waals surface area contributed by atoms with Gasteiger partial charge in [0.15, 0.2) is 0 Å². The lowest BCUT2D eigenvalue weighted by atomic mass is 10.3. The third-order valence-electron chi connectivity index (χ3n) is 3.64. The standard InChI is InChI=1S/C15H15FN2O3S2/c16-11-5-1-2-6-12(11)17-15(19)14-13(7-10-22-14)23(20,21)18-8-3-4-9-18/h1-2,5-7,10H,3-4,8-9H2,(H,17,19). The van der Waals surface area contributed by atoms with Gasteiger partial charge in [0.25, 0.3) is 5.91 Å². The Morgan fingerprint density at radius 3 is 2.57 bits per heavy atom. The second-order valence-corrected chi connectivity index (χ2v) is 7.98. The lowest BCUT2D eigenvalue weighted by Crippen LogP contribution is -2.29. The van der Waals surface area contributed by atoms with E-state index in [9.17, 15) is 17.6 Å². The maximum absolute atomic E-state index is 13.6. The van der Waals surface area contributed by atoms with E-state index in [0.717, 1.165) is 24.2 Å². The summed E-state index contributed by atoms with van der Waals surface area (Å²) in [6.45, 7) is 0.930. The molecule has 0 radical (unpaired) electrons. The lowest BCUT2D eigenvalue weighted by Gasteiger charge is -2.15. The fraction of sp³-hybridized carbons (Fsp3) is 0.267. The molecule has 1 aliphatic heterocycles. The van der Waals surface area contributed by atoms with Crippen LogP contribution in [0.25, 0.3) is 0 Å². The number of sulfonamides is 1. The van der Waals surface area contributed by atoms with Crippen molar-refractivity contribution in [3.8, 4) is 0 Å². The van der Waals surface area contributed by atoms with E-state index in [-0.39, 0.29) is 15.5 Å². The average molecular weight is 354 g/mol. The third kappa shape index (κ3) is 3.15. The Morgan fingerprint density at radius 2 is 1.87 bits per heavy atom. The first-order chi connectivity index (χ1) is 11.0. The fourth-order valence-corrected chi connectivity index (χ4v) is 5.29. The van der Waals surface area contributed by atoms with Crippen molar-refractivity contribution >= 4 is 33.0 Å². The highest BCUT2D eigenvalue weighted by molar-refractivity contribution is 7.89. The van der Waals surface area contributed by atoms with Gasteiger partial charge in [-0.05, 0) is 36.4 Å². The van der Waals surface area contributed by atoms with Crippen LogP contribution in [0.2, 0.25) is 0 Å². The normalized spacial score (nSPS) is 15.7. The smallest absolute Gasteiger partial charge is 0.267 e. The van der Waals surface area contributed by atoms with E-state index in [1.54, 1.807) is 11.4 Å². The van der Waals surface area contributed by atoms with Crippen molar-refractivity contribution in [2.24, 2.45) is 0 Å². The molecule has 0 unspecified atom stereocenters. The first-order valence-corrected chi connectivity index (χ1v) is 9.45. The molecule has 8 heteroatoms. The number of halogens is 1. The number of hydrogen-bond acceptors (Lipinski definition) is 4. The number of para-hydroxylation sites is 1. The topological polar surface area (TPSA) is 66.5 Å². The molecule has 2 heterocycles. The fourth-order valence-electron chi connectivity index (χ4n) is 2.48. The monoisotopic (exact) mass is 354 g/mol. The van der Waals surface area contributed by atoms with Gasteiger partial charge in [-0.15, -0.1) is 11.3 Å². The van der Waals surface area contributed by atoms with Crippen LogP contribution in [0.1, 0.15) is 22.5 Å². The summed E-state index contributed by atoms with van der Waals surface area (Å²) in [4.78, 5) is 12.4. The van der Waals surface area contributed by atoms with Gasteiger partial charge >= 0.3 is 0 Å². The van der Waals surface area contributed by atoms with Gasteiger partial charge in [0.05, 0.1) is 5.69 Å². The van der Waals surface area contributed by atoms with Gasteiger partial charge in [0.2, 0.25) is 10.0 Å². The quantitative estimate of drug-likeness (QED) is 0.918. The number of rotatable bonds is 4. The molecule has 0 spiro atoms. The number of nitrogens with one attached hydrogen (secondary N) is 1. The zero-order chi connectivity index (χ0) is 16.4. The maximum Gasteiger partial charge on any atom is 0.267 e. The summed E-state index contributed by atoms with van der Waals surface area (Å²) in [7, 11) is -3.68. The number of anilines is 1. The molecule has 122 valence electrons. The second-order valence-electron chi connectivity index (χ2n) is 5.16. The highest BCUT2D eigenvalue weighted by Crippen LogP contribution is 2.28. The molecule has 0 bridgehead atoms. The zero-order valence-corrected chi connectivity index (χ0v) is 13.8. The molecule has 1 aromatic carbocycles. The molecule has 0 atom stereocenters. The summed E-state index contributed by atoms with van der Waals surface area (Å²) in [5.74, 6) is -1.19. The molecule has 1 amide bonds. The molecule has 5 nitrogen and oxygen atoms in total.